The van der Waals surface area contributed by atoms with Crippen LogP contribution >= 0.6 is 7.82 Å². The Hall–Kier alpha value is -2.55. The highest BCUT2D eigenvalue weighted by Crippen LogP contribution is 2.38. The summed E-state index contributed by atoms with van der Waals surface area (Å²) in [6, 6.07) is -0.892. The minimum Gasteiger partial charge on any atom is -0.756 e. The molecule has 0 bridgehead atoms. The highest BCUT2D eigenvalue weighted by Gasteiger charge is 2.27. The standard InChI is InChI=1S/C75H139N2O7P/c1-7-10-13-16-19-22-25-27-29-31-33-35-37-38-40-41-43-45-47-49-52-55-58-61-64-67-74(78)76-72(71-83-85(80,81)82-70-69-77(4,5)6)73(66-63-60-57-54-51-24-21-18-15-12-9-3)84-75(79)68-65-62-59-56-53-50-48-46-44-42-39-36-34-32-30-28-26-23-20-17-14-11-8-2/h19-20,22-23,27-30,34,36,63,66,72-73H,7-18,21,24-26,31-33,35,37-62,64-65,67-71H2,1-6H3,(H-,76,78,80,81)/b22-19-,23-20-,29-27-,30-28-,36-34-,66-63+. The minimum absolute atomic E-state index is 0.0237. The van der Waals surface area contributed by atoms with Crippen LogP contribution in [0.5, 0.6) is 0 Å². The van der Waals surface area contributed by atoms with E-state index in [2.05, 4.69) is 86.8 Å². The summed E-state index contributed by atoms with van der Waals surface area (Å²) in [6.45, 7) is 6.82. The summed E-state index contributed by atoms with van der Waals surface area (Å²) in [5.74, 6) is -0.536. The molecule has 10 heteroatoms. The number of hydrogen-bond acceptors (Lipinski definition) is 7. The van der Waals surface area contributed by atoms with E-state index in [0.717, 1.165) is 77.0 Å². The van der Waals surface area contributed by atoms with Gasteiger partial charge in [0.05, 0.1) is 33.8 Å². The number of ether oxygens (including phenoxy) is 1. The van der Waals surface area contributed by atoms with E-state index in [1.165, 1.54) is 231 Å². The van der Waals surface area contributed by atoms with E-state index >= 15 is 0 Å². The predicted molar refractivity (Wildman–Crippen MR) is 367 cm³/mol. The van der Waals surface area contributed by atoms with Gasteiger partial charge in [-0.2, -0.15) is 0 Å². The van der Waals surface area contributed by atoms with Crippen molar-refractivity contribution in [3.05, 3.63) is 72.9 Å². The number of esters is 1. The van der Waals surface area contributed by atoms with Crippen LogP contribution in [0.3, 0.4) is 0 Å². The molecule has 0 rings (SSSR count). The molecule has 3 atom stereocenters. The first kappa shape index (κ1) is 82.5. The van der Waals surface area contributed by atoms with Gasteiger partial charge in [0, 0.05) is 12.8 Å². The molecule has 496 valence electrons. The molecule has 85 heavy (non-hydrogen) atoms. The quantitative estimate of drug-likeness (QED) is 0.0212. The highest BCUT2D eigenvalue weighted by atomic mass is 31.2. The second kappa shape index (κ2) is 64.4. The van der Waals surface area contributed by atoms with E-state index in [0.29, 0.717) is 17.4 Å². The summed E-state index contributed by atoms with van der Waals surface area (Å²) in [7, 11) is 1.19. The van der Waals surface area contributed by atoms with Crippen LogP contribution in [0.4, 0.5) is 0 Å². The second-order valence-electron chi connectivity index (χ2n) is 25.7. The fourth-order valence-electron chi connectivity index (χ4n) is 10.5. The number of carbonyl (C=O) groups is 2. The number of phosphoric ester groups is 1. The third-order valence-electron chi connectivity index (χ3n) is 16.1. The zero-order valence-corrected chi connectivity index (χ0v) is 57.7. The molecule has 0 heterocycles. The average Bonchev–Trinajstić information content (AvgIpc) is 3.62. The predicted octanol–water partition coefficient (Wildman–Crippen LogP) is 22.5. The summed E-state index contributed by atoms with van der Waals surface area (Å²) in [5.41, 5.74) is 0. The van der Waals surface area contributed by atoms with Gasteiger partial charge in [-0.3, -0.25) is 14.2 Å². The monoisotopic (exact) mass is 1210 g/mol. The molecule has 9 nitrogen and oxygen atoms in total. The first-order chi connectivity index (χ1) is 41.4. The largest absolute Gasteiger partial charge is 0.756 e. The Morgan fingerprint density at radius 1 is 0.412 bits per heavy atom. The van der Waals surface area contributed by atoms with Crippen LogP contribution in [0.1, 0.15) is 342 Å². The molecule has 0 aromatic carbocycles. The molecule has 0 aliphatic rings. The Bertz CT molecular complexity index is 1680. The second-order valence-corrected chi connectivity index (χ2v) is 27.1. The van der Waals surface area contributed by atoms with Gasteiger partial charge in [0.2, 0.25) is 5.91 Å². The van der Waals surface area contributed by atoms with Gasteiger partial charge in [-0.05, 0) is 102 Å². The number of nitrogens with one attached hydrogen (secondary N) is 1. The Kier molecular flexibility index (Phi) is 62.5. The van der Waals surface area contributed by atoms with Crippen LogP contribution in [0.15, 0.2) is 72.9 Å². The van der Waals surface area contributed by atoms with E-state index in [-0.39, 0.29) is 31.5 Å². The van der Waals surface area contributed by atoms with Crippen molar-refractivity contribution in [3.8, 4) is 0 Å². The third kappa shape index (κ3) is 65.7. The van der Waals surface area contributed by atoms with E-state index in [4.69, 9.17) is 13.8 Å². The van der Waals surface area contributed by atoms with Gasteiger partial charge in [0.25, 0.3) is 7.82 Å². The van der Waals surface area contributed by atoms with Crippen molar-refractivity contribution in [2.75, 3.05) is 40.9 Å². The van der Waals surface area contributed by atoms with Crippen molar-refractivity contribution in [3.63, 3.8) is 0 Å². The molecule has 0 radical (unpaired) electrons. The lowest BCUT2D eigenvalue weighted by molar-refractivity contribution is -0.870. The van der Waals surface area contributed by atoms with Gasteiger partial charge in [0.15, 0.2) is 0 Å². The lowest BCUT2D eigenvalue weighted by Crippen LogP contribution is -2.47. The number of nitrogens with zero attached hydrogens (tertiary/aromatic N) is 1. The zero-order valence-electron chi connectivity index (χ0n) is 56.8. The number of carbonyl (C=O) groups excluding carboxylic acids is 2. The fourth-order valence-corrected chi connectivity index (χ4v) is 11.2. The van der Waals surface area contributed by atoms with Gasteiger partial charge >= 0.3 is 5.97 Å². The Morgan fingerprint density at radius 2 is 0.718 bits per heavy atom. The van der Waals surface area contributed by atoms with Gasteiger partial charge in [0.1, 0.15) is 19.3 Å². The molecule has 0 aromatic heterocycles. The van der Waals surface area contributed by atoms with E-state index in [9.17, 15) is 19.0 Å². The number of quaternary nitrogens is 1. The maximum absolute atomic E-state index is 13.6. The van der Waals surface area contributed by atoms with E-state index in [1.807, 2.05) is 33.3 Å². The van der Waals surface area contributed by atoms with E-state index < -0.39 is 20.0 Å². The first-order valence-corrected chi connectivity index (χ1v) is 37.7. The molecule has 0 spiro atoms. The number of amides is 1. The number of allylic oxidation sites excluding steroid dienone is 11. The Balaban J connectivity index is 4.99. The van der Waals surface area contributed by atoms with Crippen LogP contribution in [-0.4, -0.2) is 69.4 Å². The van der Waals surface area contributed by atoms with Crippen LogP contribution in [-0.2, 0) is 27.9 Å². The Morgan fingerprint density at radius 3 is 1.09 bits per heavy atom. The minimum atomic E-state index is -4.71. The summed E-state index contributed by atoms with van der Waals surface area (Å²) in [4.78, 5) is 40.2. The lowest BCUT2D eigenvalue weighted by Gasteiger charge is -2.30. The number of hydrogen-bond donors (Lipinski definition) is 1. The van der Waals surface area contributed by atoms with Crippen LogP contribution in [0.25, 0.3) is 0 Å². The SMILES string of the molecule is CCCCC/C=C\C/C=C\C/C=C\CCCCCCCCCCCCC(=O)OC(/C=C/CCCCCCCCCCC)C(COP(=O)([O-])OCC[N+](C)(C)C)NC(=O)CCCCCCCCCCCCCCCCC/C=C\C/C=C\CCCCC. The number of likely N-dealkylation sites (N-methyl/N-ethyl adjacent to an activating group) is 1. The number of rotatable bonds is 66. The highest BCUT2D eigenvalue weighted by molar-refractivity contribution is 7.45. The van der Waals surface area contributed by atoms with Gasteiger partial charge < -0.3 is 28.5 Å². The average molecular weight is 1210 g/mol. The molecule has 0 aliphatic carbocycles. The van der Waals surface area contributed by atoms with E-state index in [1.54, 1.807) is 0 Å². The first-order valence-electron chi connectivity index (χ1n) is 36.2. The zero-order chi connectivity index (χ0) is 62.1. The smallest absolute Gasteiger partial charge is 0.306 e. The molecule has 1 amide bonds. The Labute approximate surface area is 527 Å². The summed E-state index contributed by atoms with van der Waals surface area (Å²) in [6.07, 6.45) is 84.5. The fraction of sp³-hybridized carbons (Fsp3) is 0.813. The summed E-state index contributed by atoms with van der Waals surface area (Å²) < 4.78 is 30.4. The molecule has 1 N–H and O–H groups in total. The summed E-state index contributed by atoms with van der Waals surface area (Å²) >= 11 is 0. The van der Waals surface area contributed by atoms with Crippen molar-refractivity contribution < 1.29 is 37.3 Å². The molecule has 0 saturated heterocycles. The van der Waals surface area contributed by atoms with Crippen LogP contribution < -0.4 is 10.2 Å². The number of phosphoric acid groups is 1. The van der Waals surface area contributed by atoms with Crippen molar-refractivity contribution in [2.45, 2.75) is 354 Å². The summed E-state index contributed by atoms with van der Waals surface area (Å²) in [5, 5.41) is 3.04. The molecule has 0 fully saturated rings. The van der Waals surface area contributed by atoms with Crippen molar-refractivity contribution >= 4 is 19.7 Å². The third-order valence-corrected chi connectivity index (χ3v) is 17.1. The van der Waals surface area contributed by atoms with Crippen molar-refractivity contribution in [2.24, 2.45) is 0 Å². The van der Waals surface area contributed by atoms with Gasteiger partial charge in [-0.15, -0.1) is 0 Å². The van der Waals surface area contributed by atoms with Gasteiger partial charge in [-0.25, -0.2) is 0 Å². The maximum Gasteiger partial charge on any atom is 0.306 e. The molecule has 3 unspecified atom stereocenters. The van der Waals surface area contributed by atoms with Gasteiger partial charge in [-0.1, -0.05) is 299 Å². The lowest BCUT2D eigenvalue weighted by atomic mass is 10.0. The molecule has 0 aliphatic heterocycles. The molecular weight excluding hydrogens is 1070 g/mol. The van der Waals surface area contributed by atoms with Crippen LogP contribution in [0, 0.1) is 0 Å². The molecule has 0 saturated carbocycles. The van der Waals surface area contributed by atoms with Crippen molar-refractivity contribution in [1.82, 2.24) is 5.32 Å². The van der Waals surface area contributed by atoms with Crippen molar-refractivity contribution in [1.29, 1.82) is 0 Å². The maximum atomic E-state index is 13.6. The normalized spacial score (nSPS) is 13.9. The molecule has 0 aromatic rings. The van der Waals surface area contributed by atoms with Crippen LogP contribution in [0.2, 0.25) is 0 Å². The topological polar surface area (TPSA) is 114 Å². The molecular formula is C75H139N2O7P. The number of unbranched alkanes of at least 4 members (excludes halogenated alkanes) is 40.